The van der Waals surface area contributed by atoms with Crippen molar-refractivity contribution in [2.45, 2.75) is 37.2 Å². The molecule has 1 saturated carbocycles. The van der Waals surface area contributed by atoms with Crippen LogP contribution in [0, 0.1) is 0 Å². The molecule has 2 N–H and O–H groups in total. The van der Waals surface area contributed by atoms with E-state index in [1.807, 2.05) is 0 Å². The lowest BCUT2D eigenvalue weighted by molar-refractivity contribution is -0.0321. The van der Waals surface area contributed by atoms with E-state index in [0.717, 1.165) is 18.5 Å². The van der Waals surface area contributed by atoms with Crippen molar-refractivity contribution < 1.29 is 9.90 Å². The third kappa shape index (κ3) is 2.59. The van der Waals surface area contributed by atoms with Gasteiger partial charge >= 0.3 is 0 Å². The number of aromatic nitrogens is 5. The van der Waals surface area contributed by atoms with Crippen LogP contribution in [0.5, 0.6) is 0 Å². The predicted molar refractivity (Wildman–Crippen MR) is 79.4 cm³/mol. The van der Waals surface area contributed by atoms with Crippen molar-refractivity contribution in [2.75, 3.05) is 13.1 Å². The molecule has 2 fully saturated rings. The fraction of sp³-hybridized carbons (Fsp3) is 0.533. The van der Waals surface area contributed by atoms with Crippen LogP contribution in [-0.2, 0) is 5.60 Å². The molecule has 8 nitrogen and oxygen atoms in total. The summed E-state index contributed by atoms with van der Waals surface area (Å²) >= 11 is 0. The molecule has 0 spiro atoms. The number of aromatic amines is 1. The molecule has 0 bridgehead atoms. The maximum Gasteiger partial charge on any atom is 0.257 e. The minimum absolute atomic E-state index is 0.117. The summed E-state index contributed by atoms with van der Waals surface area (Å²) in [5.41, 5.74) is 0.706. The molecule has 2 aromatic heterocycles. The first-order valence-electron chi connectivity index (χ1n) is 7.85. The first-order chi connectivity index (χ1) is 11.2. The van der Waals surface area contributed by atoms with Gasteiger partial charge in [0.2, 0.25) is 0 Å². The van der Waals surface area contributed by atoms with Gasteiger partial charge in [0, 0.05) is 18.7 Å². The van der Waals surface area contributed by atoms with E-state index in [2.05, 4.69) is 25.4 Å². The number of aliphatic hydroxyl groups is 1. The number of hydrogen-bond acceptors (Lipinski definition) is 6. The van der Waals surface area contributed by atoms with E-state index < -0.39 is 5.60 Å². The van der Waals surface area contributed by atoms with E-state index in [1.165, 1.54) is 12.5 Å². The highest BCUT2D eigenvalue weighted by atomic mass is 16.3. The lowest BCUT2D eigenvalue weighted by atomic mass is 9.89. The molecule has 1 aliphatic heterocycles. The molecule has 8 heteroatoms. The van der Waals surface area contributed by atoms with Crippen LogP contribution in [-0.4, -0.2) is 54.4 Å². The number of carbonyl (C=O) groups is 1. The number of nitrogens with one attached hydrogen (secondary N) is 1. The molecule has 0 radical (unpaired) electrons. The highest BCUT2D eigenvalue weighted by molar-refractivity contribution is 5.95. The number of piperidine rings is 1. The molecule has 23 heavy (non-hydrogen) atoms. The van der Waals surface area contributed by atoms with Gasteiger partial charge in [-0.3, -0.25) is 4.79 Å². The molecule has 2 aliphatic rings. The summed E-state index contributed by atoms with van der Waals surface area (Å²) in [6, 6.07) is 0. The van der Waals surface area contributed by atoms with Gasteiger partial charge in [0.05, 0.1) is 24.0 Å². The van der Waals surface area contributed by atoms with Crippen LogP contribution in [0.3, 0.4) is 0 Å². The van der Waals surface area contributed by atoms with E-state index in [0.29, 0.717) is 36.6 Å². The zero-order chi connectivity index (χ0) is 15.9. The van der Waals surface area contributed by atoms with Crippen LogP contribution in [0.25, 0.3) is 0 Å². The van der Waals surface area contributed by atoms with Crippen molar-refractivity contribution in [1.82, 2.24) is 30.3 Å². The Morgan fingerprint density at radius 1 is 1.39 bits per heavy atom. The molecular formula is C15H18N6O2. The Bertz CT molecular complexity index is 715. The third-order valence-corrected chi connectivity index (χ3v) is 4.59. The Morgan fingerprint density at radius 2 is 2.26 bits per heavy atom. The highest BCUT2D eigenvalue weighted by Gasteiger charge is 2.40. The topological polar surface area (TPSA) is 108 Å². The summed E-state index contributed by atoms with van der Waals surface area (Å²) in [7, 11) is 0. The molecule has 2 aromatic rings. The molecule has 1 saturated heterocycles. The number of hydrogen-bond donors (Lipinski definition) is 2. The Hall–Kier alpha value is -2.35. The Labute approximate surface area is 133 Å². The normalized spacial score (nSPS) is 24.7. The van der Waals surface area contributed by atoms with Crippen LogP contribution in [0.4, 0.5) is 0 Å². The summed E-state index contributed by atoms with van der Waals surface area (Å²) in [5, 5.41) is 21.1. The van der Waals surface area contributed by atoms with Gasteiger partial charge in [0.1, 0.15) is 17.6 Å². The average Bonchev–Trinajstić information content (AvgIpc) is 3.27. The first-order valence-corrected chi connectivity index (χ1v) is 7.85. The minimum atomic E-state index is -1.16. The van der Waals surface area contributed by atoms with Gasteiger partial charge in [-0.25, -0.2) is 9.97 Å². The standard InChI is InChI=1S/C15H18N6O2/c22-14(11-6-16-9-17-13(11)10-2-3-10)21-5-1-4-15(23,8-21)12-7-18-20-19-12/h6-7,9-10,23H,1-5,8H2,(H,18,19,20). The fourth-order valence-electron chi connectivity index (χ4n) is 3.20. The molecule has 120 valence electrons. The molecule has 4 rings (SSSR count). The van der Waals surface area contributed by atoms with E-state index in [-0.39, 0.29) is 12.5 Å². The maximum absolute atomic E-state index is 12.9. The fourth-order valence-corrected chi connectivity index (χ4v) is 3.20. The highest BCUT2D eigenvalue weighted by Crippen LogP contribution is 2.40. The number of H-pyrrole nitrogens is 1. The molecule has 1 atom stereocenters. The number of carbonyl (C=O) groups excluding carboxylic acids is 1. The third-order valence-electron chi connectivity index (χ3n) is 4.59. The van der Waals surface area contributed by atoms with Gasteiger partial charge in [0.15, 0.2) is 0 Å². The second kappa shape index (κ2) is 5.38. The Morgan fingerprint density at radius 3 is 3.00 bits per heavy atom. The largest absolute Gasteiger partial charge is 0.382 e. The van der Waals surface area contributed by atoms with Crippen molar-refractivity contribution in [2.24, 2.45) is 0 Å². The van der Waals surface area contributed by atoms with Crippen molar-refractivity contribution in [3.63, 3.8) is 0 Å². The van der Waals surface area contributed by atoms with E-state index >= 15 is 0 Å². The summed E-state index contributed by atoms with van der Waals surface area (Å²) in [4.78, 5) is 22.9. The molecule has 1 unspecified atom stereocenters. The van der Waals surface area contributed by atoms with Gasteiger partial charge in [-0.15, -0.1) is 0 Å². The van der Waals surface area contributed by atoms with Gasteiger partial charge in [-0.2, -0.15) is 15.4 Å². The van der Waals surface area contributed by atoms with Gasteiger partial charge in [-0.1, -0.05) is 0 Å². The first kappa shape index (κ1) is 14.3. The predicted octanol–water partition coefficient (Wildman–Crippen LogP) is 0.596. The number of nitrogens with zero attached hydrogens (tertiary/aromatic N) is 5. The van der Waals surface area contributed by atoms with Crippen LogP contribution < -0.4 is 0 Å². The van der Waals surface area contributed by atoms with Crippen LogP contribution in [0.15, 0.2) is 18.7 Å². The number of amides is 1. The summed E-state index contributed by atoms with van der Waals surface area (Å²) in [6.45, 7) is 0.815. The van der Waals surface area contributed by atoms with E-state index in [1.54, 1.807) is 11.1 Å². The quantitative estimate of drug-likeness (QED) is 0.858. The van der Waals surface area contributed by atoms with Crippen LogP contribution in [0.2, 0.25) is 0 Å². The van der Waals surface area contributed by atoms with Crippen LogP contribution in [0.1, 0.15) is 53.3 Å². The smallest absolute Gasteiger partial charge is 0.257 e. The van der Waals surface area contributed by atoms with Crippen LogP contribution >= 0.6 is 0 Å². The Balaban J connectivity index is 1.59. The number of rotatable bonds is 3. The van der Waals surface area contributed by atoms with Crippen molar-refractivity contribution >= 4 is 5.91 Å². The number of β-amino-alcohol motifs (C(OH)–C–C–N with tert-alkyl or cyclic N) is 1. The lowest BCUT2D eigenvalue weighted by Gasteiger charge is -2.38. The molecule has 1 amide bonds. The SMILES string of the molecule is O=C(c1cncnc1C1CC1)N1CCCC(O)(c2cn[nH]n2)C1. The Kier molecular flexibility index (Phi) is 3.33. The lowest BCUT2D eigenvalue weighted by Crippen LogP contribution is -2.49. The molecule has 0 aromatic carbocycles. The second-order valence-electron chi connectivity index (χ2n) is 6.31. The molecular weight excluding hydrogens is 296 g/mol. The zero-order valence-electron chi connectivity index (χ0n) is 12.6. The van der Waals surface area contributed by atoms with E-state index in [4.69, 9.17) is 0 Å². The summed E-state index contributed by atoms with van der Waals surface area (Å²) in [6.07, 6.45) is 8.00. The zero-order valence-corrected chi connectivity index (χ0v) is 12.6. The van der Waals surface area contributed by atoms with E-state index in [9.17, 15) is 9.90 Å². The molecule has 1 aliphatic carbocycles. The second-order valence-corrected chi connectivity index (χ2v) is 6.31. The van der Waals surface area contributed by atoms with Gasteiger partial charge in [0.25, 0.3) is 5.91 Å². The number of likely N-dealkylation sites (tertiary alicyclic amines) is 1. The maximum atomic E-state index is 12.9. The average molecular weight is 314 g/mol. The molecule has 3 heterocycles. The van der Waals surface area contributed by atoms with Crippen molar-refractivity contribution in [3.8, 4) is 0 Å². The monoisotopic (exact) mass is 314 g/mol. The summed E-state index contributed by atoms with van der Waals surface area (Å²) in [5.74, 6) is 0.255. The van der Waals surface area contributed by atoms with Gasteiger partial charge in [-0.05, 0) is 25.7 Å². The van der Waals surface area contributed by atoms with Crippen molar-refractivity contribution in [1.29, 1.82) is 0 Å². The summed E-state index contributed by atoms with van der Waals surface area (Å²) < 4.78 is 0. The minimum Gasteiger partial charge on any atom is -0.382 e. The van der Waals surface area contributed by atoms with Gasteiger partial charge < -0.3 is 10.0 Å². The van der Waals surface area contributed by atoms with Crippen molar-refractivity contribution in [3.05, 3.63) is 35.7 Å².